The zero-order chi connectivity index (χ0) is 12.1. The Balaban J connectivity index is 2.56. The van der Waals surface area contributed by atoms with Gasteiger partial charge < -0.3 is 9.80 Å². The Morgan fingerprint density at radius 1 is 1.19 bits per heavy atom. The van der Waals surface area contributed by atoms with Crippen molar-refractivity contribution in [2.75, 3.05) is 23.9 Å². The summed E-state index contributed by atoms with van der Waals surface area (Å²) in [6.45, 7) is 4.16. The van der Waals surface area contributed by atoms with Crippen molar-refractivity contribution in [3.8, 4) is 0 Å². The van der Waals surface area contributed by atoms with Crippen LogP contribution in [0, 0.1) is 10.1 Å². The average Bonchev–Trinajstić information content (AvgIpc) is 2.40. The summed E-state index contributed by atoms with van der Waals surface area (Å²) in [5.41, 5.74) is 1.91. The molecule has 1 aromatic carbocycles. The molecule has 5 heteroatoms. The lowest BCUT2D eigenvalue weighted by Gasteiger charge is -2.36. The first-order chi connectivity index (χ1) is 7.35. The van der Waals surface area contributed by atoms with Crippen LogP contribution in [0.1, 0.15) is 13.8 Å². The first-order valence-corrected chi connectivity index (χ1v) is 5.12. The van der Waals surface area contributed by atoms with E-state index in [1.165, 1.54) is 0 Å². The van der Waals surface area contributed by atoms with E-state index < -0.39 is 0 Å². The molecule has 0 fully saturated rings. The molecule has 1 heterocycles. The minimum absolute atomic E-state index is 0.136. The van der Waals surface area contributed by atoms with Crippen molar-refractivity contribution in [2.45, 2.75) is 19.5 Å². The first-order valence-electron chi connectivity index (χ1n) is 5.12. The van der Waals surface area contributed by atoms with Gasteiger partial charge in [-0.05, 0) is 19.9 Å². The maximum absolute atomic E-state index is 10.7. The molecule has 1 aliphatic heterocycles. The monoisotopic (exact) mass is 221 g/mol. The number of non-ortho nitro benzene ring substituents is 1. The lowest BCUT2D eigenvalue weighted by Crippen LogP contribution is -2.48. The second-order valence-electron chi connectivity index (χ2n) is 4.54. The highest BCUT2D eigenvalue weighted by atomic mass is 16.6. The lowest BCUT2D eigenvalue weighted by atomic mass is 10.2. The van der Waals surface area contributed by atoms with Crippen LogP contribution in [0.25, 0.3) is 0 Å². The van der Waals surface area contributed by atoms with E-state index in [4.69, 9.17) is 0 Å². The Morgan fingerprint density at radius 2 is 1.75 bits per heavy atom. The number of hydrogen-bond donors (Lipinski definition) is 0. The van der Waals surface area contributed by atoms with Crippen molar-refractivity contribution in [3.63, 3.8) is 0 Å². The van der Waals surface area contributed by atoms with Gasteiger partial charge in [-0.3, -0.25) is 10.1 Å². The third-order valence-electron chi connectivity index (χ3n) is 3.53. The topological polar surface area (TPSA) is 49.6 Å². The highest BCUT2D eigenvalue weighted by molar-refractivity contribution is 5.80. The standard InChI is InChI=1S/C11H15N3O2/c1-11(2)12(3)9-6-5-8(14(15)16)7-10(9)13(11)4/h5-7H,1-4H3. The van der Waals surface area contributed by atoms with Gasteiger partial charge in [-0.15, -0.1) is 0 Å². The Kier molecular flexibility index (Phi) is 2.08. The molecule has 1 aromatic rings. The van der Waals surface area contributed by atoms with Crippen molar-refractivity contribution < 1.29 is 4.92 Å². The molecule has 0 radical (unpaired) electrons. The summed E-state index contributed by atoms with van der Waals surface area (Å²) in [4.78, 5) is 14.5. The van der Waals surface area contributed by atoms with Gasteiger partial charge in [-0.2, -0.15) is 0 Å². The molecular formula is C11H15N3O2. The molecule has 0 spiro atoms. The highest BCUT2D eigenvalue weighted by Gasteiger charge is 2.38. The van der Waals surface area contributed by atoms with Gasteiger partial charge in [0.05, 0.1) is 16.3 Å². The van der Waals surface area contributed by atoms with Crippen LogP contribution in [-0.4, -0.2) is 24.7 Å². The second kappa shape index (κ2) is 3.10. The SMILES string of the molecule is CN1c2ccc([N+](=O)[O-])cc2N(C)C1(C)C. The van der Waals surface area contributed by atoms with E-state index in [9.17, 15) is 10.1 Å². The van der Waals surface area contributed by atoms with Crippen molar-refractivity contribution in [3.05, 3.63) is 28.3 Å². The summed E-state index contributed by atoms with van der Waals surface area (Å²) in [5.74, 6) is 0. The van der Waals surface area contributed by atoms with Crippen LogP contribution in [0.2, 0.25) is 0 Å². The van der Waals surface area contributed by atoms with Crippen LogP contribution >= 0.6 is 0 Å². The molecule has 0 amide bonds. The van der Waals surface area contributed by atoms with Gasteiger partial charge in [-0.25, -0.2) is 0 Å². The molecule has 0 aliphatic carbocycles. The third-order valence-corrected chi connectivity index (χ3v) is 3.53. The fourth-order valence-electron chi connectivity index (χ4n) is 1.99. The number of hydrogen-bond acceptors (Lipinski definition) is 4. The third kappa shape index (κ3) is 1.24. The van der Waals surface area contributed by atoms with Crippen LogP contribution in [0.4, 0.5) is 17.1 Å². The maximum Gasteiger partial charge on any atom is 0.271 e. The van der Waals surface area contributed by atoms with Crippen molar-refractivity contribution in [1.29, 1.82) is 0 Å². The van der Waals surface area contributed by atoms with Gasteiger partial charge >= 0.3 is 0 Å². The molecule has 1 aliphatic rings. The summed E-state index contributed by atoms with van der Waals surface area (Å²) in [7, 11) is 3.94. The molecule has 0 saturated carbocycles. The van der Waals surface area contributed by atoms with E-state index in [-0.39, 0.29) is 16.3 Å². The van der Waals surface area contributed by atoms with Gasteiger partial charge in [0.2, 0.25) is 0 Å². The molecular weight excluding hydrogens is 206 g/mol. The summed E-state index contributed by atoms with van der Waals surface area (Å²) in [6.07, 6.45) is 0. The van der Waals surface area contributed by atoms with E-state index >= 15 is 0 Å². The fraction of sp³-hybridized carbons (Fsp3) is 0.455. The molecule has 0 atom stereocenters. The van der Waals surface area contributed by atoms with E-state index in [1.807, 2.05) is 14.1 Å². The van der Waals surface area contributed by atoms with E-state index in [1.54, 1.807) is 18.2 Å². The Bertz CT molecular complexity index is 457. The number of rotatable bonds is 1. The molecule has 0 N–H and O–H groups in total. The van der Waals surface area contributed by atoms with E-state index in [2.05, 4.69) is 23.6 Å². The Hall–Kier alpha value is -1.78. The summed E-state index contributed by atoms with van der Waals surface area (Å²) in [6, 6.07) is 4.98. The van der Waals surface area contributed by atoms with Gasteiger partial charge in [0.15, 0.2) is 0 Å². The summed E-state index contributed by atoms with van der Waals surface area (Å²) < 4.78 is 0. The number of anilines is 2. The minimum Gasteiger partial charge on any atom is -0.351 e. The molecule has 86 valence electrons. The average molecular weight is 221 g/mol. The zero-order valence-electron chi connectivity index (χ0n) is 9.89. The maximum atomic E-state index is 10.7. The van der Waals surface area contributed by atoms with Gasteiger partial charge in [0.1, 0.15) is 5.66 Å². The number of fused-ring (bicyclic) bond motifs is 1. The number of nitrogens with zero attached hydrogens (tertiary/aromatic N) is 3. The highest BCUT2D eigenvalue weighted by Crippen LogP contribution is 2.44. The van der Waals surface area contributed by atoms with E-state index in [0.29, 0.717) is 0 Å². The van der Waals surface area contributed by atoms with Crippen LogP contribution < -0.4 is 9.80 Å². The largest absolute Gasteiger partial charge is 0.351 e. The predicted molar refractivity (Wildman–Crippen MR) is 64.0 cm³/mol. The zero-order valence-corrected chi connectivity index (χ0v) is 9.89. The molecule has 0 bridgehead atoms. The second-order valence-corrected chi connectivity index (χ2v) is 4.54. The fourth-order valence-corrected chi connectivity index (χ4v) is 1.99. The predicted octanol–water partition coefficient (Wildman–Crippen LogP) is 2.22. The smallest absolute Gasteiger partial charge is 0.271 e. The molecule has 0 saturated heterocycles. The number of nitro benzene ring substituents is 1. The van der Waals surface area contributed by atoms with E-state index in [0.717, 1.165) is 11.4 Å². The Morgan fingerprint density at radius 3 is 2.31 bits per heavy atom. The number of nitro groups is 1. The van der Waals surface area contributed by atoms with Crippen molar-refractivity contribution in [1.82, 2.24) is 0 Å². The molecule has 2 rings (SSSR count). The summed E-state index contributed by atoms with van der Waals surface area (Å²) in [5, 5.41) is 10.7. The van der Waals surface area contributed by atoms with Crippen LogP contribution in [0.5, 0.6) is 0 Å². The van der Waals surface area contributed by atoms with Gasteiger partial charge in [-0.1, -0.05) is 0 Å². The lowest BCUT2D eigenvalue weighted by molar-refractivity contribution is -0.384. The molecule has 16 heavy (non-hydrogen) atoms. The van der Waals surface area contributed by atoms with Crippen molar-refractivity contribution in [2.24, 2.45) is 0 Å². The quantitative estimate of drug-likeness (QED) is 0.539. The molecule has 5 nitrogen and oxygen atoms in total. The molecule has 0 aromatic heterocycles. The summed E-state index contributed by atoms with van der Waals surface area (Å²) >= 11 is 0. The first kappa shape index (κ1) is 10.7. The van der Waals surface area contributed by atoms with Crippen LogP contribution in [-0.2, 0) is 0 Å². The Labute approximate surface area is 94.4 Å². The van der Waals surface area contributed by atoms with Crippen LogP contribution in [0.15, 0.2) is 18.2 Å². The molecule has 0 unspecified atom stereocenters. The van der Waals surface area contributed by atoms with Crippen molar-refractivity contribution >= 4 is 17.1 Å². The van der Waals surface area contributed by atoms with Gasteiger partial charge in [0.25, 0.3) is 5.69 Å². The number of benzene rings is 1. The van der Waals surface area contributed by atoms with Gasteiger partial charge in [0, 0.05) is 26.2 Å². The normalized spacial score (nSPS) is 17.5. The minimum atomic E-state index is -0.362. The van der Waals surface area contributed by atoms with Crippen LogP contribution in [0.3, 0.4) is 0 Å².